The second kappa shape index (κ2) is 6.66. The van der Waals surface area contributed by atoms with Gasteiger partial charge < -0.3 is 4.74 Å². The fourth-order valence-corrected chi connectivity index (χ4v) is 2.97. The van der Waals surface area contributed by atoms with Crippen LogP contribution in [0.25, 0.3) is 0 Å². The van der Waals surface area contributed by atoms with Crippen LogP contribution >= 0.6 is 31.9 Å². The lowest BCUT2D eigenvalue weighted by Crippen LogP contribution is -2.06. The zero-order valence-electron chi connectivity index (χ0n) is 10.9. The number of rotatable bonds is 4. The molecule has 0 radical (unpaired) electrons. The van der Waals surface area contributed by atoms with E-state index in [1.165, 1.54) is 6.07 Å². The lowest BCUT2D eigenvalue weighted by molar-refractivity contribution is 0.0991. The first-order valence-corrected chi connectivity index (χ1v) is 7.51. The maximum absolute atomic E-state index is 13.5. The minimum Gasteiger partial charge on any atom is -0.496 e. The molecule has 0 atom stereocenters. The zero-order chi connectivity index (χ0) is 15.6. The molecule has 2 aromatic carbocycles. The van der Waals surface area contributed by atoms with E-state index in [0.717, 1.165) is 16.1 Å². The normalized spacial score (nSPS) is 10.5. The van der Waals surface area contributed by atoms with Crippen molar-refractivity contribution in [1.29, 1.82) is 0 Å². The molecule has 6 heteroatoms. The van der Waals surface area contributed by atoms with E-state index >= 15 is 0 Å². The van der Waals surface area contributed by atoms with Crippen molar-refractivity contribution >= 4 is 37.6 Å². The summed E-state index contributed by atoms with van der Waals surface area (Å²) < 4.78 is 32.2. The van der Waals surface area contributed by atoms with Crippen molar-refractivity contribution in [3.63, 3.8) is 0 Å². The smallest absolute Gasteiger partial charge is 0.173 e. The van der Waals surface area contributed by atoms with Crippen LogP contribution in [0.4, 0.5) is 8.78 Å². The molecule has 0 aliphatic rings. The average Bonchev–Trinajstić information content (AvgIpc) is 2.45. The number of methoxy groups -OCH3 is 1. The van der Waals surface area contributed by atoms with Crippen LogP contribution in [-0.2, 0) is 6.42 Å². The first-order valence-electron chi connectivity index (χ1n) is 5.93. The van der Waals surface area contributed by atoms with Crippen molar-refractivity contribution in [2.24, 2.45) is 0 Å². The van der Waals surface area contributed by atoms with Gasteiger partial charge in [0.25, 0.3) is 0 Å². The van der Waals surface area contributed by atoms with Gasteiger partial charge in [0.15, 0.2) is 17.4 Å². The first-order chi connectivity index (χ1) is 9.93. The second-order valence-electron chi connectivity index (χ2n) is 4.29. The number of hydrogen-bond acceptors (Lipinski definition) is 2. The van der Waals surface area contributed by atoms with E-state index in [1.807, 2.05) is 0 Å². The van der Waals surface area contributed by atoms with Crippen LogP contribution in [-0.4, -0.2) is 12.9 Å². The molecule has 110 valence electrons. The van der Waals surface area contributed by atoms with Crippen molar-refractivity contribution in [2.45, 2.75) is 6.42 Å². The monoisotopic (exact) mass is 418 g/mol. The van der Waals surface area contributed by atoms with E-state index in [2.05, 4.69) is 31.9 Å². The summed E-state index contributed by atoms with van der Waals surface area (Å²) in [5.74, 6) is -1.71. The molecule has 0 spiro atoms. The summed E-state index contributed by atoms with van der Waals surface area (Å²) in [4.78, 5) is 12.2. The molecule has 0 saturated heterocycles. The van der Waals surface area contributed by atoms with Gasteiger partial charge in [0, 0.05) is 12.0 Å². The fourth-order valence-electron chi connectivity index (χ4n) is 1.84. The number of carbonyl (C=O) groups is 1. The van der Waals surface area contributed by atoms with Gasteiger partial charge in [-0.2, -0.15) is 0 Å². The Morgan fingerprint density at radius 1 is 1.19 bits per heavy atom. The van der Waals surface area contributed by atoms with Gasteiger partial charge in [0.2, 0.25) is 0 Å². The Morgan fingerprint density at radius 2 is 1.90 bits per heavy atom. The van der Waals surface area contributed by atoms with E-state index in [1.54, 1.807) is 25.3 Å². The third-order valence-corrected chi connectivity index (χ3v) is 4.31. The highest BCUT2D eigenvalue weighted by molar-refractivity contribution is 9.10. The second-order valence-corrected chi connectivity index (χ2v) is 5.94. The summed E-state index contributed by atoms with van der Waals surface area (Å²) in [5.41, 5.74) is 0.852. The molecule has 0 bridgehead atoms. The summed E-state index contributed by atoms with van der Waals surface area (Å²) >= 11 is 6.25. The highest BCUT2D eigenvalue weighted by Gasteiger charge is 2.17. The first kappa shape index (κ1) is 16.1. The molecule has 0 aliphatic heterocycles. The molecule has 0 N–H and O–H groups in total. The van der Waals surface area contributed by atoms with Crippen LogP contribution in [0.1, 0.15) is 15.9 Å². The lowest BCUT2D eigenvalue weighted by Gasteiger charge is -2.08. The third-order valence-electron chi connectivity index (χ3n) is 2.92. The largest absolute Gasteiger partial charge is 0.496 e. The molecular formula is C15H10Br2F2O2. The van der Waals surface area contributed by atoms with Gasteiger partial charge in [-0.05, 0) is 61.7 Å². The van der Waals surface area contributed by atoms with Gasteiger partial charge in [-0.3, -0.25) is 4.79 Å². The molecule has 2 aromatic rings. The highest BCUT2D eigenvalue weighted by atomic mass is 79.9. The van der Waals surface area contributed by atoms with Crippen LogP contribution in [0.15, 0.2) is 39.3 Å². The Labute approximate surface area is 137 Å². The van der Waals surface area contributed by atoms with Crippen molar-refractivity contribution in [3.05, 3.63) is 62.0 Å². The van der Waals surface area contributed by atoms with Crippen molar-refractivity contribution < 1.29 is 18.3 Å². The van der Waals surface area contributed by atoms with Gasteiger partial charge >= 0.3 is 0 Å². The van der Waals surface area contributed by atoms with Gasteiger partial charge in [-0.1, -0.05) is 6.07 Å². The number of ketones is 1. The van der Waals surface area contributed by atoms with E-state index in [4.69, 9.17) is 4.74 Å². The Bertz CT molecular complexity index is 702. The quantitative estimate of drug-likeness (QED) is 0.519. The number of carbonyl (C=O) groups excluding carboxylic acids is 1. The summed E-state index contributed by atoms with van der Waals surface area (Å²) in [6.07, 6.45) is 0.0757. The maximum Gasteiger partial charge on any atom is 0.173 e. The van der Waals surface area contributed by atoms with Crippen molar-refractivity contribution in [3.8, 4) is 5.75 Å². The number of hydrogen-bond donors (Lipinski definition) is 0. The molecule has 21 heavy (non-hydrogen) atoms. The molecule has 0 heterocycles. The summed E-state index contributed by atoms with van der Waals surface area (Å²) in [6.45, 7) is 0. The molecular weight excluding hydrogens is 410 g/mol. The van der Waals surface area contributed by atoms with Crippen LogP contribution < -0.4 is 4.74 Å². The Balaban J connectivity index is 2.26. The summed E-state index contributed by atoms with van der Waals surface area (Å²) in [6, 6.07) is 7.44. The van der Waals surface area contributed by atoms with E-state index in [-0.39, 0.29) is 22.2 Å². The predicted molar refractivity (Wildman–Crippen MR) is 82.8 cm³/mol. The Kier molecular flexibility index (Phi) is 5.11. The molecule has 0 saturated carbocycles. The molecule has 0 aromatic heterocycles. The number of ether oxygens (including phenoxy) is 1. The van der Waals surface area contributed by atoms with Crippen LogP contribution in [0, 0.1) is 11.6 Å². The van der Waals surface area contributed by atoms with Crippen LogP contribution in [0.5, 0.6) is 5.75 Å². The fraction of sp³-hybridized carbons (Fsp3) is 0.133. The predicted octanol–water partition coefficient (Wildman–Crippen LogP) is 4.92. The number of halogens is 4. The molecule has 0 aliphatic carbocycles. The zero-order valence-corrected chi connectivity index (χ0v) is 14.1. The molecule has 2 rings (SSSR count). The Hall–Kier alpha value is -1.27. The summed E-state index contributed by atoms with van der Waals surface area (Å²) in [5, 5.41) is 0. The third kappa shape index (κ3) is 3.49. The number of Topliss-reactive ketones (excluding diaryl/α,β-unsaturated/α-hetero) is 1. The Morgan fingerprint density at radius 3 is 2.52 bits per heavy atom. The summed E-state index contributed by atoms with van der Waals surface area (Å²) in [7, 11) is 1.54. The van der Waals surface area contributed by atoms with E-state index < -0.39 is 11.6 Å². The van der Waals surface area contributed by atoms with Crippen LogP contribution in [0.2, 0.25) is 0 Å². The molecule has 2 nitrogen and oxygen atoms in total. The minimum atomic E-state index is -1.06. The lowest BCUT2D eigenvalue weighted by atomic mass is 10.0. The SMILES string of the molecule is COc1ccc(CC(=O)c2ccc(F)c(F)c2Br)cc1Br. The van der Waals surface area contributed by atoms with Crippen LogP contribution in [0.3, 0.4) is 0 Å². The van der Waals surface area contributed by atoms with Gasteiger partial charge in [0.1, 0.15) is 5.75 Å². The van der Waals surface area contributed by atoms with Gasteiger partial charge in [-0.25, -0.2) is 8.78 Å². The standard InChI is InChI=1S/C15H10Br2F2O2/c1-21-13-5-2-8(6-10(13)16)7-12(20)9-3-4-11(18)15(19)14(9)17/h2-6H,7H2,1H3. The maximum atomic E-state index is 13.5. The minimum absolute atomic E-state index is 0.0757. The van der Waals surface area contributed by atoms with Crippen molar-refractivity contribution in [1.82, 2.24) is 0 Å². The molecule has 0 unspecified atom stereocenters. The van der Waals surface area contributed by atoms with Crippen molar-refractivity contribution in [2.75, 3.05) is 7.11 Å². The van der Waals surface area contributed by atoms with Gasteiger partial charge in [0.05, 0.1) is 16.1 Å². The highest BCUT2D eigenvalue weighted by Crippen LogP contribution is 2.28. The topological polar surface area (TPSA) is 26.3 Å². The van der Waals surface area contributed by atoms with E-state index in [9.17, 15) is 13.6 Å². The molecule has 0 amide bonds. The molecule has 0 fully saturated rings. The van der Waals surface area contributed by atoms with E-state index in [0.29, 0.717) is 5.75 Å². The number of benzene rings is 2. The average molecular weight is 420 g/mol. The van der Waals surface area contributed by atoms with Gasteiger partial charge in [-0.15, -0.1) is 0 Å².